The third kappa shape index (κ3) is 3.81. The number of phenolic OH excluding ortho intramolecular Hbond substituents is 1. The van der Waals surface area contributed by atoms with Crippen molar-refractivity contribution in [3.8, 4) is 5.75 Å². The smallest absolute Gasteiger partial charge is 0.266 e. The summed E-state index contributed by atoms with van der Waals surface area (Å²) in [4.78, 5) is 14.4. The van der Waals surface area contributed by atoms with Crippen molar-refractivity contribution in [1.82, 2.24) is 4.98 Å². The first-order valence-electron chi connectivity index (χ1n) is 4.85. The number of hydrogen-bond acceptors (Lipinski definition) is 2. The summed E-state index contributed by atoms with van der Waals surface area (Å²) in [6.07, 6.45) is 5.20. The van der Waals surface area contributed by atoms with Crippen molar-refractivity contribution >= 4 is 11.6 Å². The molecule has 1 amide bonds. The highest BCUT2D eigenvalue weighted by Gasteiger charge is 2.06. The summed E-state index contributed by atoms with van der Waals surface area (Å²) in [6, 6.07) is 6.45. The predicted molar refractivity (Wildman–Crippen MR) is 57.7 cm³/mol. The third-order valence-corrected chi connectivity index (χ3v) is 2.06. The Kier molecular flexibility index (Phi) is 4.54. The van der Waals surface area contributed by atoms with Crippen LogP contribution >= 0.6 is 0 Å². The predicted octanol–water partition coefficient (Wildman–Crippen LogP) is -2.35. The fraction of sp³-hybridized carbons (Fsp3) is 0.0909. The first-order valence-corrected chi connectivity index (χ1v) is 4.85. The Hall–Kier alpha value is -2.01. The maximum absolute atomic E-state index is 11.6. The third-order valence-electron chi connectivity index (χ3n) is 2.06. The summed E-state index contributed by atoms with van der Waals surface area (Å²) in [5.41, 5.74) is 0.584. The minimum Gasteiger partial charge on any atom is -1.00 e. The molecule has 3 N–H and O–H groups in total. The summed E-state index contributed by atoms with van der Waals surface area (Å²) >= 11 is 0. The number of carbonyl (C=O) groups is 1. The Balaban J connectivity index is 0.00000144. The molecular weight excluding hydrogens is 242 g/mol. The summed E-state index contributed by atoms with van der Waals surface area (Å²) in [5, 5.41) is 11.9. The molecule has 0 unspecified atom stereocenters. The minimum atomic E-state index is -0.143. The van der Waals surface area contributed by atoms with Crippen LogP contribution < -0.4 is 22.3 Å². The molecule has 17 heavy (non-hydrogen) atoms. The molecule has 2 rings (SSSR count). The molecule has 0 radical (unpaired) electrons. The number of nitrogens with zero attached hydrogens (tertiary/aromatic N) is 1. The Morgan fingerprint density at radius 1 is 1.47 bits per heavy atom. The van der Waals surface area contributed by atoms with Gasteiger partial charge < -0.3 is 22.8 Å². The number of aromatic amines is 1. The quantitative estimate of drug-likeness (QED) is 0.536. The second-order valence-electron chi connectivity index (χ2n) is 3.38. The van der Waals surface area contributed by atoms with Crippen LogP contribution in [-0.4, -0.2) is 16.0 Å². The first kappa shape index (κ1) is 13.1. The van der Waals surface area contributed by atoms with Crippen molar-refractivity contribution in [3.05, 3.63) is 43.0 Å². The number of H-pyrrole nitrogens is 1. The van der Waals surface area contributed by atoms with Gasteiger partial charge in [0.05, 0.1) is 0 Å². The van der Waals surface area contributed by atoms with Gasteiger partial charge in [0, 0.05) is 11.8 Å². The molecule has 0 atom stereocenters. The van der Waals surface area contributed by atoms with E-state index in [1.54, 1.807) is 41.5 Å². The van der Waals surface area contributed by atoms with Crippen LogP contribution in [0.2, 0.25) is 0 Å². The highest BCUT2D eigenvalue weighted by atomic mass is 35.5. The van der Waals surface area contributed by atoms with Crippen LogP contribution in [0.5, 0.6) is 5.75 Å². The molecule has 0 spiro atoms. The van der Waals surface area contributed by atoms with E-state index < -0.39 is 0 Å². The maximum atomic E-state index is 11.6. The van der Waals surface area contributed by atoms with Crippen LogP contribution in [0.1, 0.15) is 0 Å². The van der Waals surface area contributed by atoms with Gasteiger partial charge in [0.15, 0.2) is 6.54 Å². The van der Waals surface area contributed by atoms with Crippen molar-refractivity contribution in [1.29, 1.82) is 0 Å². The van der Waals surface area contributed by atoms with Crippen molar-refractivity contribution in [2.45, 2.75) is 6.54 Å². The molecule has 1 heterocycles. The fourth-order valence-electron chi connectivity index (χ4n) is 1.37. The van der Waals surface area contributed by atoms with Gasteiger partial charge in [-0.2, -0.15) is 0 Å². The standard InChI is InChI=1S/C11H11N3O2.ClH/c15-10-3-1-2-9(6-10)13-11(16)7-14-5-4-12-8-14;/h1-6,8H,7H2,(H2,13,15,16);1H. The van der Waals surface area contributed by atoms with Gasteiger partial charge in [0.2, 0.25) is 6.33 Å². The van der Waals surface area contributed by atoms with Gasteiger partial charge in [-0.05, 0) is 12.1 Å². The molecule has 0 fully saturated rings. The normalized spacial score (nSPS) is 9.41. The molecule has 5 nitrogen and oxygen atoms in total. The van der Waals surface area contributed by atoms with Crippen LogP contribution in [0, 0.1) is 0 Å². The van der Waals surface area contributed by atoms with Crippen LogP contribution in [0.4, 0.5) is 5.69 Å². The molecule has 2 aromatic rings. The number of rotatable bonds is 3. The largest absolute Gasteiger partial charge is 1.00 e. The Bertz CT molecular complexity index is 485. The van der Waals surface area contributed by atoms with Gasteiger partial charge in [-0.15, -0.1) is 0 Å². The number of aromatic nitrogens is 2. The molecule has 1 aromatic carbocycles. The van der Waals surface area contributed by atoms with Crippen molar-refractivity contribution in [3.63, 3.8) is 0 Å². The number of halogens is 1. The van der Waals surface area contributed by atoms with Crippen LogP contribution in [0.15, 0.2) is 43.0 Å². The number of aromatic hydroxyl groups is 1. The average molecular weight is 254 g/mol. The Morgan fingerprint density at radius 3 is 2.94 bits per heavy atom. The maximum Gasteiger partial charge on any atom is 0.266 e. The number of nitrogens with one attached hydrogen (secondary N) is 2. The molecule has 0 aliphatic carbocycles. The Labute approximate surface area is 105 Å². The number of imidazole rings is 1. The van der Waals surface area contributed by atoms with Gasteiger partial charge in [-0.3, -0.25) is 9.78 Å². The number of benzene rings is 1. The van der Waals surface area contributed by atoms with Gasteiger partial charge in [-0.25, -0.2) is 4.57 Å². The number of carbonyl (C=O) groups excluding carboxylic acids is 1. The second kappa shape index (κ2) is 5.91. The lowest BCUT2D eigenvalue weighted by atomic mass is 10.3. The SMILES string of the molecule is O=C(C[n+]1cc[nH]c1)Nc1cccc(O)c1.[Cl-]. The number of anilines is 1. The van der Waals surface area contributed by atoms with E-state index >= 15 is 0 Å². The number of phenols is 1. The van der Waals surface area contributed by atoms with Crippen molar-refractivity contribution in [2.75, 3.05) is 5.32 Å². The lowest BCUT2D eigenvalue weighted by molar-refractivity contribution is -0.682. The second-order valence-corrected chi connectivity index (χ2v) is 3.38. The first-order chi connectivity index (χ1) is 7.74. The zero-order chi connectivity index (χ0) is 11.4. The van der Waals surface area contributed by atoms with Crippen molar-refractivity contribution < 1.29 is 26.9 Å². The van der Waals surface area contributed by atoms with E-state index in [4.69, 9.17) is 0 Å². The highest BCUT2D eigenvalue weighted by molar-refractivity contribution is 5.89. The van der Waals surface area contributed by atoms with Gasteiger partial charge >= 0.3 is 0 Å². The van der Waals surface area contributed by atoms with E-state index in [0.29, 0.717) is 5.69 Å². The molecule has 0 saturated heterocycles. The van der Waals surface area contributed by atoms with Crippen molar-refractivity contribution in [2.24, 2.45) is 0 Å². The number of hydrogen-bond donors (Lipinski definition) is 3. The van der Waals surface area contributed by atoms with Crippen LogP contribution in [0.3, 0.4) is 0 Å². The summed E-state index contributed by atoms with van der Waals surface area (Å²) in [7, 11) is 0. The van der Waals surface area contributed by atoms with Gasteiger partial charge in [0.25, 0.3) is 5.91 Å². The molecule has 90 valence electrons. The molecule has 1 aromatic heterocycles. The van der Waals surface area contributed by atoms with Crippen LogP contribution in [-0.2, 0) is 11.3 Å². The van der Waals surface area contributed by atoms with Gasteiger partial charge in [0.1, 0.15) is 18.1 Å². The fourth-order valence-corrected chi connectivity index (χ4v) is 1.37. The summed E-state index contributed by atoms with van der Waals surface area (Å²) < 4.78 is 1.72. The Morgan fingerprint density at radius 2 is 2.29 bits per heavy atom. The van der Waals surface area contributed by atoms with Crippen LogP contribution in [0.25, 0.3) is 0 Å². The molecule has 0 bridgehead atoms. The highest BCUT2D eigenvalue weighted by Crippen LogP contribution is 2.14. The summed E-state index contributed by atoms with van der Waals surface area (Å²) in [5.74, 6) is -0.0118. The van der Waals surface area contributed by atoms with E-state index in [-0.39, 0.29) is 30.6 Å². The molecule has 0 aliphatic heterocycles. The lowest BCUT2D eigenvalue weighted by Crippen LogP contribution is -3.00. The molecular formula is C11H12ClN3O2. The zero-order valence-electron chi connectivity index (χ0n) is 8.93. The monoisotopic (exact) mass is 253 g/mol. The van der Waals surface area contributed by atoms with E-state index in [2.05, 4.69) is 10.3 Å². The molecule has 0 saturated carbocycles. The van der Waals surface area contributed by atoms with E-state index in [0.717, 1.165) is 0 Å². The zero-order valence-corrected chi connectivity index (χ0v) is 9.69. The summed E-state index contributed by atoms with van der Waals surface area (Å²) in [6.45, 7) is 0.235. The number of amides is 1. The average Bonchev–Trinajstić information content (AvgIpc) is 2.70. The van der Waals surface area contributed by atoms with E-state index in [1.165, 1.54) is 6.07 Å². The van der Waals surface area contributed by atoms with E-state index in [1.807, 2.05) is 0 Å². The lowest BCUT2D eigenvalue weighted by Gasteiger charge is -2.03. The van der Waals surface area contributed by atoms with Gasteiger partial charge in [-0.1, -0.05) is 6.07 Å². The minimum absolute atomic E-state index is 0. The molecule has 0 aliphatic rings. The topological polar surface area (TPSA) is 69.0 Å². The molecule has 6 heteroatoms. The van der Waals surface area contributed by atoms with E-state index in [9.17, 15) is 9.90 Å².